The number of pyridine rings is 1. The van der Waals surface area contributed by atoms with Crippen molar-refractivity contribution >= 4 is 12.4 Å². The van der Waals surface area contributed by atoms with E-state index >= 15 is 0 Å². The molecule has 18 heavy (non-hydrogen) atoms. The molecule has 0 atom stereocenters. The van der Waals surface area contributed by atoms with Crippen molar-refractivity contribution in [2.45, 2.75) is 6.54 Å². The molecule has 98 valence electrons. The number of nitrogens with one attached hydrogen (secondary N) is 1. The molecule has 0 unspecified atom stereocenters. The third-order valence-electron chi connectivity index (χ3n) is 2.15. The minimum atomic E-state index is 0. The van der Waals surface area contributed by atoms with E-state index in [9.17, 15) is 0 Å². The van der Waals surface area contributed by atoms with Gasteiger partial charge in [-0.2, -0.15) is 4.98 Å². The van der Waals surface area contributed by atoms with Gasteiger partial charge in [0.05, 0.1) is 13.2 Å². The van der Waals surface area contributed by atoms with Gasteiger partial charge in [-0.1, -0.05) is 5.16 Å². The third-order valence-corrected chi connectivity index (χ3v) is 2.15. The molecule has 0 bridgehead atoms. The Morgan fingerprint density at radius 1 is 1.44 bits per heavy atom. The lowest BCUT2D eigenvalue weighted by Crippen LogP contribution is -2.18. The van der Waals surface area contributed by atoms with E-state index in [1.807, 2.05) is 12.1 Å². The maximum atomic E-state index is 5.11. The molecule has 0 spiro atoms. The van der Waals surface area contributed by atoms with Crippen molar-refractivity contribution < 1.29 is 9.26 Å². The Morgan fingerprint density at radius 3 is 3.06 bits per heavy atom. The van der Waals surface area contributed by atoms with E-state index < -0.39 is 0 Å². The van der Waals surface area contributed by atoms with E-state index in [4.69, 9.17) is 9.26 Å². The number of nitrogens with zero attached hydrogens (tertiary/aromatic N) is 3. The molecule has 2 rings (SSSR count). The first-order valence-electron chi connectivity index (χ1n) is 5.33. The van der Waals surface area contributed by atoms with Crippen LogP contribution in [0.4, 0.5) is 0 Å². The van der Waals surface area contributed by atoms with E-state index in [0.29, 0.717) is 24.9 Å². The van der Waals surface area contributed by atoms with Crippen LogP contribution >= 0.6 is 12.4 Å². The fourth-order valence-corrected chi connectivity index (χ4v) is 1.31. The molecule has 2 aromatic heterocycles. The first-order valence-corrected chi connectivity index (χ1v) is 5.33. The molecule has 0 aliphatic rings. The zero-order valence-electron chi connectivity index (χ0n) is 10.00. The molecular weight excluding hydrogens is 256 g/mol. The maximum absolute atomic E-state index is 5.11. The highest BCUT2D eigenvalue weighted by Gasteiger charge is 2.07. The van der Waals surface area contributed by atoms with Crippen molar-refractivity contribution in [3.63, 3.8) is 0 Å². The SMILES string of the molecule is COCCNCc1nc(-c2cccnc2)no1.Cl. The highest BCUT2D eigenvalue weighted by atomic mass is 35.5. The molecule has 0 saturated heterocycles. The average molecular weight is 271 g/mol. The molecule has 6 nitrogen and oxygen atoms in total. The fourth-order valence-electron chi connectivity index (χ4n) is 1.31. The van der Waals surface area contributed by atoms with Crippen molar-refractivity contribution in [1.82, 2.24) is 20.4 Å². The monoisotopic (exact) mass is 270 g/mol. The Hall–Kier alpha value is -1.50. The Kier molecular flexibility index (Phi) is 6.27. The number of aromatic nitrogens is 3. The lowest BCUT2D eigenvalue weighted by atomic mass is 10.3. The molecular formula is C11H15ClN4O2. The molecule has 2 heterocycles. The Bertz CT molecular complexity index is 449. The van der Waals surface area contributed by atoms with E-state index in [2.05, 4.69) is 20.4 Å². The predicted octanol–water partition coefficient (Wildman–Crippen LogP) is 1.29. The summed E-state index contributed by atoms with van der Waals surface area (Å²) in [6, 6.07) is 3.72. The van der Waals surface area contributed by atoms with Crippen molar-refractivity contribution in [3.8, 4) is 11.4 Å². The van der Waals surface area contributed by atoms with Crippen LogP contribution in [0.5, 0.6) is 0 Å². The van der Waals surface area contributed by atoms with Crippen molar-refractivity contribution in [3.05, 3.63) is 30.4 Å². The summed E-state index contributed by atoms with van der Waals surface area (Å²) < 4.78 is 10.0. The zero-order chi connectivity index (χ0) is 11.9. The number of halogens is 1. The first kappa shape index (κ1) is 14.6. The van der Waals surface area contributed by atoms with E-state index in [-0.39, 0.29) is 12.4 Å². The van der Waals surface area contributed by atoms with Gasteiger partial charge in [-0.3, -0.25) is 4.98 Å². The predicted molar refractivity (Wildman–Crippen MR) is 68.4 cm³/mol. The van der Waals surface area contributed by atoms with Gasteiger partial charge in [0, 0.05) is 31.6 Å². The van der Waals surface area contributed by atoms with Crippen LogP contribution in [0.2, 0.25) is 0 Å². The average Bonchev–Trinajstić information content (AvgIpc) is 2.85. The standard InChI is InChI=1S/C11H14N4O2.ClH/c1-16-6-5-13-8-10-14-11(15-17-10)9-3-2-4-12-7-9;/h2-4,7,13H,5-6,8H2,1H3;1H. The first-order chi connectivity index (χ1) is 8.40. The minimum Gasteiger partial charge on any atom is -0.383 e. The Morgan fingerprint density at radius 2 is 2.33 bits per heavy atom. The normalized spacial score (nSPS) is 10.1. The molecule has 0 fully saturated rings. The van der Waals surface area contributed by atoms with Gasteiger partial charge in [0.15, 0.2) is 0 Å². The second-order valence-electron chi connectivity index (χ2n) is 3.42. The van der Waals surface area contributed by atoms with Crippen LogP contribution in [-0.2, 0) is 11.3 Å². The van der Waals surface area contributed by atoms with Crippen LogP contribution in [0.1, 0.15) is 5.89 Å². The van der Waals surface area contributed by atoms with Gasteiger partial charge >= 0.3 is 0 Å². The van der Waals surface area contributed by atoms with Gasteiger partial charge in [-0.15, -0.1) is 12.4 Å². The molecule has 0 amide bonds. The summed E-state index contributed by atoms with van der Waals surface area (Å²) in [5.41, 5.74) is 0.847. The molecule has 0 saturated carbocycles. The summed E-state index contributed by atoms with van der Waals surface area (Å²) in [6.45, 7) is 1.95. The van der Waals surface area contributed by atoms with Crippen molar-refractivity contribution in [1.29, 1.82) is 0 Å². The summed E-state index contributed by atoms with van der Waals surface area (Å²) in [7, 11) is 1.66. The van der Waals surface area contributed by atoms with Crippen LogP contribution < -0.4 is 5.32 Å². The molecule has 0 aliphatic heterocycles. The number of hydrogen-bond acceptors (Lipinski definition) is 6. The largest absolute Gasteiger partial charge is 0.383 e. The minimum absolute atomic E-state index is 0. The summed E-state index contributed by atoms with van der Waals surface area (Å²) in [4.78, 5) is 8.26. The van der Waals surface area contributed by atoms with Crippen LogP contribution in [0, 0.1) is 0 Å². The Labute approximate surface area is 111 Å². The van der Waals surface area contributed by atoms with Crippen molar-refractivity contribution in [2.75, 3.05) is 20.3 Å². The third kappa shape index (κ3) is 4.06. The number of methoxy groups -OCH3 is 1. The summed E-state index contributed by atoms with van der Waals surface area (Å²) in [6.07, 6.45) is 3.41. The smallest absolute Gasteiger partial charge is 0.240 e. The highest BCUT2D eigenvalue weighted by molar-refractivity contribution is 5.85. The van der Waals surface area contributed by atoms with Crippen LogP contribution in [-0.4, -0.2) is 35.4 Å². The van der Waals surface area contributed by atoms with Crippen LogP contribution in [0.25, 0.3) is 11.4 Å². The molecule has 0 aliphatic carbocycles. The maximum Gasteiger partial charge on any atom is 0.240 e. The van der Waals surface area contributed by atoms with Crippen LogP contribution in [0.15, 0.2) is 29.0 Å². The number of ether oxygens (including phenoxy) is 1. The highest BCUT2D eigenvalue weighted by Crippen LogP contribution is 2.13. The van der Waals surface area contributed by atoms with Gasteiger partial charge in [0.2, 0.25) is 11.7 Å². The van der Waals surface area contributed by atoms with Gasteiger partial charge in [0.25, 0.3) is 0 Å². The molecule has 0 radical (unpaired) electrons. The van der Waals surface area contributed by atoms with Gasteiger partial charge in [0.1, 0.15) is 0 Å². The molecule has 2 aromatic rings. The van der Waals surface area contributed by atoms with E-state index in [1.165, 1.54) is 0 Å². The Balaban J connectivity index is 0.00000162. The molecule has 7 heteroatoms. The second kappa shape index (κ2) is 7.75. The number of rotatable bonds is 6. The van der Waals surface area contributed by atoms with Gasteiger partial charge < -0.3 is 14.6 Å². The fraction of sp³-hybridized carbons (Fsp3) is 0.364. The zero-order valence-corrected chi connectivity index (χ0v) is 10.8. The molecule has 1 N–H and O–H groups in total. The van der Waals surface area contributed by atoms with E-state index in [1.54, 1.807) is 19.5 Å². The topological polar surface area (TPSA) is 73.1 Å². The lowest BCUT2D eigenvalue weighted by molar-refractivity contribution is 0.197. The summed E-state index contributed by atoms with van der Waals surface area (Å²) in [5, 5.41) is 7.02. The lowest BCUT2D eigenvalue weighted by Gasteiger charge is -1.98. The number of hydrogen-bond donors (Lipinski definition) is 1. The van der Waals surface area contributed by atoms with Crippen LogP contribution in [0.3, 0.4) is 0 Å². The second-order valence-corrected chi connectivity index (χ2v) is 3.42. The van der Waals surface area contributed by atoms with Crippen molar-refractivity contribution in [2.24, 2.45) is 0 Å². The summed E-state index contributed by atoms with van der Waals surface area (Å²) >= 11 is 0. The quantitative estimate of drug-likeness (QED) is 0.798. The molecule has 0 aromatic carbocycles. The van der Waals surface area contributed by atoms with Gasteiger partial charge in [-0.05, 0) is 12.1 Å². The van der Waals surface area contributed by atoms with E-state index in [0.717, 1.165) is 12.1 Å². The summed E-state index contributed by atoms with van der Waals surface area (Å²) in [5.74, 6) is 1.11. The van der Waals surface area contributed by atoms with Gasteiger partial charge in [-0.25, -0.2) is 0 Å².